The molecule has 23 heavy (non-hydrogen) atoms. The first-order chi connectivity index (χ1) is 10.5. The Morgan fingerprint density at radius 2 is 1.87 bits per heavy atom. The highest BCUT2D eigenvalue weighted by Crippen LogP contribution is 2.25. The molecule has 0 atom stereocenters. The number of aryl methyl sites for hydroxylation is 1. The molecule has 4 nitrogen and oxygen atoms in total. The predicted octanol–water partition coefficient (Wildman–Crippen LogP) is 2.80. The van der Waals surface area contributed by atoms with E-state index in [1.165, 1.54) is 42.7 Å². The fraction of sp³-hybridized carbons (Fsp3) is 0.647. The fourth-order valence-corrected chi connectivity index (χ4v) is 3.77. The number of hydrogen-bond acceptors (Lipinski definition) is 4. The zero-order valence-corrected chi connectivity index (χ0v) is 17.4. The van der Waals surface area contributed by atoms with Gasteiger partial charge in [-0.2, -0.15) is 0 Å². The number of benzene rings is 1. The van der Waals surface area contributed by atoms with Crippen LogP contribution in [0.2, 0.25) is 0 Å². The summed E-state index contributed by atoms with van der Waals surface area (Å²) in [5.41, 5.74) is 2.00. The van der Waals surface area contributed by atoms with E-state index in [1.54, 1.807) is 0 Å². The van der Waals surface area contributed by atoms with E-state index in [-0.39, 0.29) is 12.4 Å². The van der Waals surface area contributed by atoms with E-state index in [4.69, 9.17) is 0 Å². The average molecular weight is 454 g/mol. The van der Waals surface area contributed by atoms with E-state index in [9.17, 15) is 5.11 Å². The van der Waals surface area contributed by atoms with Crippen LogP contribution in [0.1, 0.15) is 17.5 Å². The topological polar surface area (TPSA) is 30.0 Å². The second kappa shape index (κ2) is 10.0. The summed E-state index contributed by atoms with van der Waals surface area (Å²) in [4.78, 5) is 7.26. The van der Waals surface area contributed by atoms with E-state index in [1.807, 2.05) is 13.0 Å². The van der Waals surface area contributed by atoms with Crippen molar-refractivity contribution in [1.82, 2.24) is 14.7 Å². The number of phenols is 1. The van der Waals surface area contributed by atoms with Gasteiger partial charge in [-0.05, 0) is 80.8 Å². The summed E-state index contributed by atoms with van der Waals surface area (Å²) < 4.78 is 1.19. The molecule has 0 aromatic heterocycles. The minimum absolute atomic E-state index is 0. The van der Waals surface area contributed by atoms with E-state index in [2.05, 4.69) is 57.5 Å². The molecule has 2 rings (SSSR count). The quantitative estimate of drug-likeness (QED) is 0.671. The molecule has 6 heteroatoms. The molecule has 0 saturated carbocycles. The predicted molar refractivity (Wildman–Crippen MR) is 108 cm³/mol. The maximum absolute atomic E-state index is 10.2. The highest BCUT2D eigenvalue weighted by molar-refractivity contribution is 14.1. The highest BCUT2D eigenvalue weighted by Gasteiger charge is 2.14. The number of likely N-dealkylation sites (N-methyl/N-ethyl adjacent to an activating group) is 1. The molecule has 0 amide bonds. The Balaban J connectivity index is 0.00000264. The van der Waals surface area contributed by atoms with Crippen LogP contribution >= 0.6 is 35.0 Å². The summed E-state index contributed by atoms with van der Waals surface area (Å²) in [6.07, 6.45) is 1.18. The number of hydrogen-bond donors (Lipinski definition) is 1. The van der Waals surface area contributed by atoms with Crippen molar-refractivity contribution in [2.24, 2.45) is 0 Å². The molecule has 0 unspecified atom stereocenters. The first kappa shape index (κ1) is 21.0. The van der Waals surface area contributed by atoms with Crippen LogP contribution < -0.4 is 0 Å². The standard InChI is InChI=1S/C17H28IN3O.ClH/c1-14-11-16(18)12-15(17(14)22)13-20(3)5-4-6-21-9-7-19(2)8-10-21;/h11-12,22H,4-10,13H2,1-3H3;1H. The van der Waals surface area contributed by atoms with Gasteiger partial charge in [0.25, 0.3) is 0 Å². The third-order valence-corrected chi connectivity index (χ3v) is 5.02. The van der Waals surface area contributed by atoms with Crippen LogP contribution in [0.15, 0.2) is 12.1 Å². The van der Waals surface area contributed by atoms with E-state index in [0.717, 1.165) is 24.2 Å². The average Bonchev–Trinajstić information content (AvgIpc) is 2.46. The second-order valence-corrected chi connectivity index (χ2v) is 7.71. The molecule has 1 N–H and O–H groups in total. The first-order valence-electron chi connectivity index (χ1n) is 8.03. The molecule has 0 aliphatic carbocycles. The third kappa shape index (κ3) is 6.74. The number of aromatic hydroxyl groups is 1. The molecular weight excluding hydrogens is 425 g/mol. The Labute approximate surface area is 160 Å². The summed E-state index contributed by atoms with van der Waals surface area (Å²) in [7, 11) is 4.33. The summed E-state index contributed by atoms with van der Waals surface area (Å²) >= 11 is 2.31. The molecule has 1 aromatic carbocycles. The van der Waals surface area contributed by atoms with E-state index in [0.29, 0.717) is 5.75 Å². The molecule has 1 aliphatic heterocycles. The summed E-state index contributed by atoms with van der Waals surface area (Å²) in [6.45, 7) is 9.78. The Morgan fingerprint density at radius 1 is 1.22 bits per heavy atom. The van der Waals surface area contributed by atoms with Crippen molar-refractivity contribution >= 4 is 35.0 Å². The Hall–Kier alpha value is -0.0800. The Morgan fingerprint density at radius 3 is 2.52 bits per heavy atom. The van der Waals surface area contributed by atoms with Gasteiger partial charge in [-0.25, -0.2) is 0 Å². The van der Waals surface area contributed by atoms with Crippen LogP contribution in [0.3, 0.4) is 0 Å². The van der Waals surface area contributed by atoms with Crippen LogP contribution in [0.5, 0.6) is 5.75 Å². The Kier molecular flexibility index (Phi) is 9.15. The largest absolute Gasteiger partial charge is 0.507 e. The monoisotopic (exact) mass is 453 g/mol. The number of phenolic OH excluding ortho intramolecular Hbond substituents is 1. The molecule has 0 bridgehead atoms. The normalized spacial score (nSPS) is 16.6. The van der Waals surface area contributed by atoms with Gasteiger partial charge in [-0.1, -0.05) is 0 Å². The summed E-state index contributed by atoms with van der Waals surface area (Å²) in [6, 6.07) is 4.10. The van der Waals surface area contributed by atoms with E-state index >= 15 is 0 Å². The molecule has 1 fully saturated rings. The second-order valence-electron chi connectivity index (χ2n) is 6.47. The lowest BCUT2D eigenvalue weighted by atomic mass is 10.1. The van der Waals surface area contributed by atoms with Gasteiger partial charge in [0.2, 0.25) is 0 Å². The number of nitrogens with zero attached hydrogens (tertiary/aromatic N) is 3. The van der Waals surface area contributed by atoms with Gasteiger partial charge in [0.15, 0.2) is 0 Å². The fourth-order valence-electron chi connectivity index (χ4n) is 2.93. The van der Waals surface area contributed by atoms with Crippen LogP contribution in [-0.2, 0) is 6.54 Å². The molecule has 0 spiro atoms. The minimum atomic E-state index is 0. The first-order valence-corrected chi connectivity index (χ1v) is 9.11. The van der Waals surface area contributed by atoms with Gasteiger partial charge >= 0.3 is 0 Å². The van der Waals surface area contributed by atoms with Gasteiger partial charge in [0.05, 0.1) is 0 Å². The van der Waals surface area contributed by atoms with E-state index < -0.39 is 0 Å². The number of rotatable bonds is 6. The third-order valence-electron chi connectivity index (χ3n) is 4.39. The summed E-state index contributed by atoms with van der Waals surface area (Å²) in [5.74, 6) is 0.450. The summed E-state index contributed by atoms with van der Waals surface area (Å²) in [5, 5.41) is 10.2. The van der Waals surface area contributed by atoms with Crippen molar-refractivity contribution in [2.45, 2.75) is 19.9 Å². The van der Waals surface area contributed by atoms with Gasteiger partial charge in [0.1, 0.15) is 5.75 Å². The van der Waals surface area contributed by atoms with Crippen molar-refractivity contribution in [3.05, 3.63) is 26.8 Å². The maximum atomic E-state index is 10.2. The molecule has 0 radical (unpaired) electrons. The van der Waals surface area contributed by atoms with Gasteiger partial charge < -0.3 is 19.8 Å². The lowest BCUT2D eigenvalue weighted by Crippen LogP contribution is -2.45. The smallest absolute Gasteiger partial charge is 0.123 e. The molecule has 1 aromatic rings. The maximum Gasteiger partial charge on any atom is 0.123 e. The highest BCUT2D eigenvalue weighted by atomic mass is 127. The van der Waals surface area contributed by atoms with Gasteiger partial charge in [0, 0.05) is 41.9 Å². The minimum Gasteiger partial charge on any atom is -0.507 e. The lowest BCUT2D eigenvalue weighted by molar-refractivity contribution is 0.147. The number of piperazine rings is 1. The molecule has 1 saturated heterocycles. The van der Waals surface area contributed by atoms with Gasteiger partial charge in [-0.15, -0.1) is 12.4 Å². The van der Waals surface area contributed by atoms with Crippen LogP contribution in [0.25, 0.3) is 0 Å². The molecule has 1 heterocycles. The van der Waals surface area contributed by atoms with Crippen LogP contribution in [0, 0.1) is 10.5 Å². The van der Waals surface area contributed by atoms with Crippen molar-refractivity contribution in [2.75, 3.05) is 53.4 Å². The zero-order valence-electron chi connectivity index (χ0n) is 14.4. The molecular formula is C17H29ClIN3O. The van der Waals surface area contributed by atoms with Crippen molar-refractivity contribution in [3.8, 4) is 5.75 Å². The van der Waals surface area contributed by atoms with Gasteiger partial charge in [-0.3, -0.25) is 0 Å². The molecule has 1 aliphatic rings. The van der Waals surface area contributed by atoms with Crippen LogP contribution in [-0.4, -0.2) is 73.2 Å². The van der Waals surface area contributed by atoms with Crippen LogP contribution in [0.4, 0.5) is 0 Å². The number of halogens is 2. The van der Waals surface area contributed by atoms with Crippen molar-refractivity contribution < 1.29 is 5.11 Å². The Bertz CT molecular complexity index is 493. The SMILES string of the molecule is Cc1cc(I)cc(CN(C)CCCN2CCN(C)CC2)c1O.Cl. The zero-order chi connectivity index (χ0) is 16.1. The molecule has 132 valence electrons. The van der Waals surface area contributed by atoms with Crippen molar-refractivity contribution in [3.63, 3.8) is 0 Å². The lowest BCUT2D eigenvalue weighted by Gasteiger charge is -2.32. The van der Waals surface area contributed by atoms with Crippen molar-refractivity contribution in [1.29, 1.82) is 0 Å².